The Kier molecular flexibility index (Phi) is 7.10. The summed E-state index contributed by atoms with van der Waals surface area (Å²) < 4.78 is 32.5. The van der Waals surface area contributed by atoms with Crippen molar-refractivity contribution in [3.63, 3.8) is 0 Å². The van der Waals surface area contributed by atoms with Crippen molar-refractivity contribution in [3.05, 3.63) is 75.7 Å². The number of rotatable bonds is 6. The lowest BCUT2D eigenvalue weighted by Crippen LogP contribution is -2.40. The van der Waals surface area contributed by atoms with Gasteiger partial charge in [0.2, 0.25) is 5.91 Å². The zero-order valence-electron chi connectivity index (χ0n) is 17.5. The highest BCUT2D eigenvalue weighted by Crippen LogP contribution is 2.28. The van der Waals surface area contributed by atoms with Crippen LogP contribution in [0.4, 0.5) is 8.78 Å². The number of carbonyl (C=O) groups is 2. The average molecular weight is 493 g/mol. The van der Waals surface area contributed by atoms with E-state index in [4.69, 9.17) is 27.6 Å². The minimum Gasteiger partial charge on any atom is -0.441 e. The molecule has 0 aliphatic carbocycles. The van der Waals surface area contributed by atoms with E-state index in [0.717, 1.165) is 12.1 Å². The summed E-state index contributed by atoms with van der Waals surface area (Å²) in [7, 11) is 0. The Bertz CT molecular complexity index is 1190. The molecule has 1 fully saturated rings. The molecule has 33 heavy (non-hydrogen) atoms. The molecule has 0 bridgehead atoms. The number of hydrogen-bond acceptors (Lipinski definition) is 4. The fraction of sp³-hybridized carbons (Fsp3) is 0.292. The number of nitrogens with zero attached hydrogens (tertiary/aromatic N) is 2. The quantitative estimate of drug-likeness (QED) is 0.397. The normalized spacial score (nSPS) is 14.5. The lowest BCUT2D eigenvalue weighted by Gasteiger charge is -2.31. The number of Topliss-reactive ketones (excluding diaryl/α,β-unsaturated/α-hetero) is 1. The average Bonchev–Trinajstić information content (AvgIpc) is 3.27. The molecule has 1 saturated heterocycles. The molecule has 1 aliphatic heterocycles. The molecule has 0 atom stereocenters. The van der Waals surface area contributed by atoms with Crippen molar-refractivity contribution in [1.82, 2.24) is 9.88 Å². The molecule has 2 aromatic carbocycles. The van der Waals surface area contributed by atoms with E-state index in [1.54, 1.807) is 23.1 Å². The smallest absolute Gasteiger partial charge is 0.223 e. The Morgan fingerprint density at radius 2 is 1.82 bits per heavy atom. The molecule has 3 aromatic rings. The number of hydrogen-bond donors (Lipinski definition) is 0. The van der Waals surface area contributed by atoms with E-state index in [2.05, 4.69) is 4.98 Å². The zero-order chi connectivity index (χ0) is 23.5. The van der Waals surface area contributed by atoms with Crippen molar-refractivity contribution in [3.8, 4) is 11.3 Å². The van der Waals surface area contributed by atoms with Gasteiger partial charge in [-0.3, -0.25) is 9.59 Å². The van der Waals surface area contributed by atoms with Gasteiger partial charge in [-0.1, -0.05) is 23.2 Å². The predicted molar refractivity (Wildman–Crippen MR) is 120 cm³/mol. The summed E-state index contributed by atoms with van der Waals surface area (Å²) >= 11 is 11.9. The van der Waals surface area contributed by atoms with Gasteiger partial charge in [-0.05, 0) is 43.2 Å². The Labute approximate surface area is 199 Å². The van der Waals surface area contributed by atoms with E-state index in [9.17, 15) is 18.4 Å². The minimum absolute atomic E-state index is 0.000932. The number of amides is 1. The second kappa shape index (κ2) is 10.0. The number of aryl methyl sites for hydroxylation is 1. The van der Waals surface area contributed by atoms with Crippen LogP contribution in [-0.4, -0.2) is 34.7 Å². The molecule has 1 amide bonds. The van der Waals surface area contributed by atoms with Crippen LogP contribution < -0.4 is 0 Å². The van der Waals surface area contributed by atoms with Crippen LogP contribution in [0.1, 0.15) is 35.5 Å². The fourth-order valence-electron chi connectivity index (χ4n) is 3.89. The monoisotopic (exact) mass is 492 g/mol. The number of likely N-dealkylation sites (tertiary alicyclic amines) is 1. The van der Waals surface area contributed by atoms with Crippen LogP contribution in [0.2, 0.25) is 10.0 Å². The molecule has 0 saturated carbocycles. The molecule has 172 valence electrons. The Hall–Kier alpha value is -2.77. The first-order chi connectivity index (χ1) is 15.8. The van der Waals surface area contributed by atoms with Crippen LogP contribution in [-0.2, 0) is 11.2 Å². The third-order valence-electron chi connectivity index (χ3n) is 5.73. The number of benzene rings is 2. The first-order valence-electron chi connectivity index (χ1n) is 10.5. The second-order valence-corrected chi connectivity index (χ2v) is 8.71. The van der Waals surface area contributed by atoms with Gasteiger partial charge in [-0.2, -0.15) is 0 Å². The van der Waals surface area contributed by atoms with Crippen LogP contribution in [0.5, 0.6) is 0 Å². The summed E-state index contributed by atoms with van der Waals surface area (Å²) in [5.74, 6) is -1.19. The molecule has 5 nitrogen and oxygen atoms in total. The molecule has 2 heterocycles. The van der Waals surface area contributed by atoms with Crippen LogP contribution >= 0.6 is 23.2 Å². The first-order valence-corrected chi connectivity index (χ1v) is 11.2. The Morgan fingerprint density at radius 3 is 2.52 bits per heavy atom. The standard InChI is InChI=1S/C24H20Cl2F2N2O3/c25-18-4-1-15(11-19(18)26)24(32)14-7-9-30(10-8-14)23(31)6-5-22-29-13-21(33-22)17-3-2-16(27)12-20(17)28/h1-4,11-14H,5-10H2. The maximum Gasteiger partial charge on any atom is 0.223 e. The highest BCUT2D eigenvalue weighted by atomic mass is 35.5. The zero-order valence-corrected chi connectivity index (χ0v) is 19.0. The topological polar surface area (TPSA) is 63.4 Å². The van der Waals surface area contributed by atoms with Crippen molar-refractivity contribution in [1.29, 1.82) is 0 Å². The van der Waals surface area contributed by atoms with Crippen LogP contribution in [0.15, 0.2) is 47.0 Å². The van der Waals surface area contributed by atoms with E-state index in [1.165, 1.54) is 12.3 Å². The van der Waals surface area contributed by atoms with Gasteiger partial charge in [0, 0.05) is 43.5 Å². The molecule has 9 heteroatoms. The largest absolute Gasteiger partial charge is 0.441 e. The lowest BCUT2D eigenvalue weighted by atomic mass is 9.89. The van der Waals surface area contributed by atoms with E-state index >= 15 is 0 Å². The minimum atomic E-state index is -0.743. The van der Waals surface area contributed by atoms with Gasteiger partial charge in [0.15, 0.2) is 17.4 Å². The first kappa shape index (κ1) is 23.4. The molecule has 0 radical (unpaired) electrons. The van der Waals surface area contributed by atoms with Crippen molar-refractivity contribution >= 4 is 34.9 Å². The van der Waals surface area contributed by atoms with Crippen LogP contribution in [0.3, 0.4) is 0 Å². The number of aromatic nitrogens is 1. The molecule has 1 aliphatic rings. The van der Waals surface area contributed by atoms with Crippen LogP contribution in [0.25, 0.3) is 11.3 Å². The second-order valence-electron chi connectivity index (χ2n) is 7.89. The molecular formula is C24H20Cl2F2N2O3. The number of ketones is 1. The Balaban J connectivity index is 1.29. The summed E-state index contributed by atoms with van der Waals surface area (Å²) in [6.07, 6.45) is 2.92. The maximum atomic E-state index is 13.9. The number of carbonyl (C=O) groups excluding carboxylic acids is 2. The van der Waals surface area contributed by atoms with Gasteiger partial charge >= 0.3 is 0 Å². The third-order valence-corrected chi connectivity index (χ3v) is 6.46. The van der Waals surface area contributed by atoms with Crippen molar-refractivity contribution in [2.75, 3.05) is 13.1 Å². The molecule has 0 spiro atoms. The van der Waals surface area contributed by atoms with E-state index < -0.39 is 11.6 Å². The number of oxazole rings is 1. The molecule has 4 rings (SSSR count). The third kappa shape index (κ3) is 5.42. The van der Waals surface area contributed by atoms with Gasteiger partial charge < -0.3 is 9.32 Å². The van der Waals surface area contributed by atoms with Crippen molar-refractivity contribution in [2.24, 2.45) is 5.92 Å². The highest BCUT2D eigenvalue weighted by Gasteiger charge is 2.28. The summed E-state index contributed by atoms with van der Waals surface area (Å²) in [6.45, 7) is 0.961. The molecule has 0 unspecified atom stereocenters. The summed E-state index contributed by atoms with van der Waals surface area (Å²) in [5, 5.41) is 0.738. The maximum absolute atomic E-state index is 13.9. The Morgan fingerprint density at radius 1 is 1.06 bits per heavy atom. The van der Waals surface area contributed by atoms with Gasteiger partial charge in [0.25, 0.3) is 0 Å². The SMILES string of the molecule is O=C(c1ccc(Cl)c(Cl)c1)C1CCN(C(=O)CCc2ncc(-c3ccc(F)cc3F)o2)CC1. The van der Waals surface area contributed by atoms with Crippen molar-refractivity contribution < 1.29 is 22.8 Å². The number of piperidine rings is 1. The molecular weight excluding hydrogens is 473 g/mol. The van der Waals surface area contributed by atoms with Gasteiger partial charge in [-0.25, -0.2) is 13.8 Å². The van der Waals surface area contributed by atoms with Gasteiger partial charge in [0.1, 0.15) is 11.6 Å². The molecule has 1 aromatic heterocycles. The highest BCUT2D eigenvalue weighted by molar-refractivity contribution is 6.42. The fourth-order valence-corrected chi connectivity index (χ4v) is 4.19. The van der Waals surface area contributed by atoms with Gasteiger partial charge in [-0.15, -0.1) is 0 Å². The summed E-state index contributed by atoms with van der Waals surface area (Å²) in [4.78, 5) is 31.2. The van der Waals surface area contributed by atoms with Crippen LogP contribution in [0, 0.1) is 17.6 Å². The lowest BCUT2D eigenvalue weighted by molar-refractivity contribution is -0.132. The summed E-state index contributed by atoms with van der Waals surface area (Å²) in [5.41, 5.74) is 0.627. The van der Waals surface area contributed by atoms with E-state index in [0.29, 0.717) is 47.4 Å². The summed E-state index contributed by atoms with van der Waals surface area (Å²) in [6, 6.07) is 8.04. The predicted octanol–water partition coefficient (Wildman–Crippen LogP) is 5.98. The number of halogens is 4. The van der Waals surface area contributed by atoms with Crippen molar-refractivity contribution in [2.45, 2.75) is 25.7 Å². The van der Waals surface area contributed by atoms with E-state index in [-0.39, 0.29) is 41.8 Å². The van der Waals surface area contributed by atoms with E-state index in [1.807, 2.05) is 0 Å². The molecule has 0 N–H and O–H groups in total. The van der Waals surface area contributed by atoms with Gasteiger partial charge in [0.05, 0.1) is 21.8 Å².